The summed E-state index contributed by atoms with van der Waals surface area (Å²) in [6.45, 7) is 6.60. The Balaban J connectivity index is 1.12. The molecule has 0 radical (unpaired) electrons. The molecule has 1 spiro atoms. The topological polar surface area (TPSA) is 78.4 Å². The van der Waals surface area contributed by atoms with Gasteiger partial charge in [0.15, 0.2) is 0 Å². The maximum absolute atomic E-state index is 12.9. The van der Waals surface area contributed by atoms with E-state index in [0.717, 1.165) is 77.1 Å². The first kappa shape index (κ1) is 26.6. The van der Waals surface area contributed by atoms with Crippen molar-refractivity contribution in [3.63, 3.8) is 0 Å². The van der Waals surface area contributed by atoms with Gasteiger partial charge in [0.05, 0.1) is 17.7 Å². The molecule has 204 valence electrons. The summed E-state index contributed by atoms with van der Waals surface area (Å²) in [5.74, 6) is 1.48. The van der Waals surface area contributed by atoms with E-state index in [0.29, 0.717) is 16.8 Å². The molecule has 3 heterocycles. The number of hydrogen-bond acceptors (Lipinski definition) is 6. The summed E-state index contributed by atoms with van der Waals surface area (Å²) in [7, 11) is -3.14. The molecule has 1 saturated carbocycles. The number of rotatable bonds is 7. The summed E-state index contributed by atoms with van der Waals surface area (Å²) in [4.78, 5) is 13.5. The van der Waals surface area contributed by atoms with Gasteiger partial charge >= 0.3 is 6.18 Å². The average Bonchev–Trinajstić information content (AvgIpc) is 2.83. The molecule has 0 unspecified atom stereocenters. The molecule has 0 atom stereocenters. The van der Waals surface area contributed by atoms with Crippen LogP contribution in [0.1, 0.15) is 51.0 Å². The highest BCUT2D eigenvalue weighted by molar-refractivity contribution is 7.89. The standard InChI is InChI=1S/C26H36F3N5O2S/c1-2-37(35,36)32-21-6-3-19(4-7-21)15-33-11-9-25(10-12-33)16-34(17-25)24-22-13-20(14-26(27,28)29)5-8-23(22)30-18-31-24/h5,8,13,18-19,21,32H,2-4,6-7,9-12,14-17H2,1H3. The highest BCUT2D eigenvalue weighted by atomic mass is 32.2. The molecule has 11 heteroatoms. The summed E-state index contributed by atoms with van der Waals surface area (Å²) < 4.78 is 65.2. The molecule has 1 aromatic heterocycles. The molecule has 37 heavy (non-hydrogen) atoms. The van der Waals surface area contributed by atoms with E-state index < -0.39 is 22.6 Å². The van der Waals surface area contributed by atoms with Crippen molar-refractivity contribution >= 4 is 26.7 Å². The fourth-order valence-corrected chi connectivity index (χ4v) is 7.20. The lowest BCUT2D eigenvalue weighted by atomic mass is 9.71. The van der Waals surface area contributed by atoms with Crippen LogP contribution < -0.4 is 9.62 Å². The SMILES string of the molecule is CCS(=O)(=O)NC1CCC(CN2CCC3(CC2)CN(c2ncnc4ccc(CC(F)(F)F)cc24)C3)CC1. The Labute approximate surface area is 216 Å². The number of piperidine rings is 1. The van der Waals surface area contributed by atoms with Crippen molar-refractivity contribution in [2.75, 3.05) is 43.4 Å². The minimum atomic E-state index is -4.25. The predicted octanol–water partition coefficient (Wildman–Crippen LogP) is 4.13. The number of nitrogens with zero attached hydrogens (tertiary/aromatic N) is 4. The third kappa shape index (κ3) is 6.37. The lowest BCUT2D eigenvalue weighted by Gasteiger charge is -2.55. The third-order valence-electron chi connectivity index (χ3n) is 8.44. The van der Waals surface area contributed by atoms with Gasteiger partial charge in [-0.25, -0.2) is 23.1 Å². The Kier molecular flexibility index (Phi) is 7.41. The maximum atomic E-state index is 12.9. The van der Waals surface area contributed by atoms with E-state index >= 15 is 0 Å². The maximum Gasteiger partial charge on any atom is 0.393 e. The molecule has 1 aliphatic carbocycles. The van der Waals surface area contributed by atoms with Crippen LogP contribution in [0.2, 0.25) is 0 Å². The minimum absolute atomic E-state index is 0.0780. The van der Waals surface area contributed by atoms with E-state index in [4.69, 9.17) is 0 Å². The molecule has 2 saturated heterocycles. The second-order valence-electron chi connectivity index (χ2n) is 11.2. The van der Waals surface area contributed by atoms with Crippen LogP contribution in [0, 0.1) is 11.3 Å². The second kappa shape index (κ2) is 10.3. The quantitative estimate of drug-likeness (QED) is 0.570. The van der Waals surface area contributed by atoms with Crippen molar-refractivity contribution in [3.05, 3.63) is 30.1 Å². The normalized spacial score (nSPS) is 24.9. The van der Waals surface area contributed by atoms with E-state index in [1.165, 1.54) is 12.4 Å². The van der Waals surface area contributed by atoms with E-state index in [1.54, 1.807) is 19.1 Å². The number of aromatic nitrogens is 2. The Bertz CT molecular complexity index is 1200. The average molecular weight is 540 g/mol. The molecule has 0 bridgehead atoms. The third-order valence-corrected chi connectivity index (χ3v) is 9.89. The first-order chi connectivity index (χ1) is 17.5. The lowest BCUT2D eigenvalue weighted by Crippen LogP contribution is -2.61. The molecular weight excluding hydrogens is 503 g/mol. The molecule has 7 nitrogen and oxygen atoms in total. The summed E-state index contributed by atoms with van der Waals surface area (Å²) in [6.07, 6.45) is 2.46. The molecule has 0 amide bonds. The molecule has 3 fully saturated rings. The van der Waals surface area contributed by atoms with Crippen LogP contribution in [-0.4, -0.2) is 74.0 Å². The van der Waals surface area contributed by atoms with Gasteiger partial charge in [-0.2, -0.15) is 13.2 Å². The second-order valence-corrected chi connectivity index (χ2v) is 13.3. The number of halogens is 3. The number of benzene rings is 1. The van der Waals surface area contributed by atoms with Gasteiger partial charge in [0.1, 0.15) is 12.1 Å². The van der Waals surface area contributed by atoms with Gasteiger partial charge < -0.3 is 9.80 Å². The first-order valence-electron chi connectivity index (χ1n) is 13.3. The minimum Gasteiger partial charge on any atom is -0.355 e. The monoisotopic (exact) mass is 539 g/mol. The van der Waals surface area contributed by atoms with Crippen LogP contribution in [0.5, 0.6) is 0 Å². The van der Waals surface area contributed by atoms with Gasteiger partial charge in [-0.15, -0.1) is 0 Å². The summed E-state index contributed by atoms with van der Waals surface area (Å²) in [6, 6.07) is 4.82. The fourth-order valence-electron chi connectivity index (χ4n) is 6.29. The van der Waals surface area contributed by atoms with Gasteiger partial charge in [0.25, 0.3) is 0 Å². The molecular formula is C26H36F3N5O2S. The summed E-state index contributed by atoms with van der Waals surface area (Å²) >= 11 is 0. The first-order valence-corrected chi connectivity index (χ1v) is 15.0. The number of hydrogen-bond donors (Lipinski definition) is 1. The molecule has 1 N–H and O–H groups in total. The Morgan fingerprint density at radius 2 is 1.78 bits per heavy atom. The van der Waals surface area contributed by atoms with E-state index in [2.05, 4.69) is 24.5 Å². The van der Waals surface area contributed by atoms with Crippen LogP contribution >= 0.6 is 0 Å². The lowest BCUT2D eigenvalue weighted by molar-refractivity contribution is -0.127. The molecule has 3 aliphatic rings. The Morgan fingerprint density at radius 3 is 2.43 bits per heavy atom. The van der Waals surface area contributed by atoms with Crippen molar-refractivity contribution in [3.8, 4) is 0 Å². The Hall–Kier alpha value is -1.98. The largest absolute Gasteiger partial charge is 0.393 e. The highest BCUT2D eigenvalue weighted by Crippen LogP contribution is 2.44. The zero-order valence-electron chi connectivity index (χ0n) is 21.3. The van der Waals surface area contributed by atoms with Gasteiger partial charge in [0.2, 0.25) is 10.0 Å². The summed E-state index contributed by atoms with van der Waals surface area (Å²) in [5.41, 5.74) is 1.15. The van der Waals surface area contributed by atoms with Crippen LogP contribution in [0.3, 0.4) is 0 Å². The predicted molar refractivity (Wildman–Crippen MR) is 138 cm³/mol. The van der Waals surface area contributed by atoms with Gasteiger partial charge in [-0.3, -0.25) is 0 Å². The van der Waals surface area contributed by atoms with E-state index in [9.17, 15) is 21.6 Å². The molecule has 1 aromatic carbocycles. The smallest absolute Gasteiger partial charge is 0.355 e. The molecule has 5 rings (SSSR count). The zero-order chi connectivity index (χ0) is 26.3. The van der Waals surface area contributed by atoms with Gasteiger partial charge in [-0.1, -0.05) is 6.07 Å². The van der Waals surface area contributed by atoms with Crippen LogP contribution in [0.15, 0.2) is 24.5 Å². The fraction of sp³-hybridized carbons (Fsp3) is 0.692. The zero-order valence-corrected chi connectivity index (χ0v) is 22.1. The van der Waals surface area contributed by atoms with Crippen molar-refractivity contribution in [1.82, 2.24) is 19.6 Å². The number of anilines is 1. The van der Waals surface area contributed by atoms with Crippen molar-refractivity contribution in [2.24, 2.45) is 11.3 Å². The van der Waals surface area contributed by atoms with Crippen LogP contribution in [0.4, 0.5) is 19.0 Å². The van der Waals surface area contributed by atoms with Crippen molar-refractivity contribution < 1.29 is 21.6 Å². The number of sulfonamides is 1. The van der Waals surface area contributed by atoms with Crippen molar-refractivity contribution in [1.29, 1.82) is 0 Å². The Morgan fingerprint density at radius 1 is 1.08 bits per heavy atom. The highest BCUT2D eigenvalue weighted by Gasteiger charge is 2.46. The number of alkyl halides is 3. The molecule has 2 aliphatic heterocycles. The number of nitrogens with one attached hydrogen (secondary N) is 1. The van der Waals surface area contributed by atoms with Crippen LogP contribution in [0.25, 0.3) is 10.9 Å². The van der Waals surface area contributed by atoms with Gasteiger partial charge in [-0.05, 0) is 82.2 Å². The summed E-state index contributed by atoms with van der Waals surface area (Å²) in [5, 5.41) is 0.688. The van der Waals surface area contributed by atoms with Crippen molar-refractivity contribution in [2.45, 2.75) is 64.1 Å². The van der Waals surface area contributed by atoms with Gasteiger partial charge in [0, 0.05) is 36.5 Å². The number of fused-ring (bicyclic) bond motifs is 1. The molecule has 2 aromatic rings. The van der Waals surface area contributed by atoms with E-state index in [1.807, 2.05) is 0 Å². The number of likely N-dealkylation sites (tertiary alicyclic amines) is 1. The van der Waals surface area contributed by atoms with Crippen LogP contribution in [-0.2, 0) is 16.4 Å². The van der Waals surface area contributed by atoms with E-state index in [-0.39, 0.29) is 22.8 Å².